The van der Waals surface area contributed by atoms with Crippen LogP contribution in [0.3, 0.4) is 0 Å². The van der Waals surface area contributed by atoms with Crippen LogP contribution in [0.4, 0.5) is 0 Å². The molecule has 1 rings (SSSR count). The van der Waals surface area contributed by atoms with E-state index in [9.17, 15) is 0 Å². The maximum atomic E-state index is 8.95. The quantitative estimate of drug-likeness (QED) is 0.616. The third-order valence-electron chi connectivity index (χ3n) is 0.982. The van der Waals surface area contributed by atoms with Gasteiger partial charge < -0.3 is 9.47 Å². The van der Waals surface area contributed by atoms with E-state index in [1.54, 1.807) is 31.6 Å². The van der Waals surface area contributed by atoms with Crippen LogP contribution in [-0.2, 0) is 9.53 Å². The lowest BCUT2D eigenvalue weighted by Crippen LogP contribution is -1.80. The van der Waals surface area contributed by atoms with Crippen molar-refractivity contribution >= 4 is 6.47 Å². The summed E-state index contributed by atoms with van der Waals surface area (Å²) in [7, 11) is 2.95. The Morgan fingerprint density at radius 1 is 1.33 bits per heavy atom. The van der Waals surface area contributed by atoms with Gasteiger partial charge in [0.05, 0.1) is 14.2 Å². The van der Waals surface area contributed by atoms with Gasteiger partial charge in [0.25, 0.3) is 6.47 Å². The molecule has 0 spiro atoms. The Labute approximate surface area is 71.1 Å². The zero-order valence-electron chi connectivity index (χ0n) is 7.06. The van der Waals surface area contributed by atoms with Crippen molar-refractivity contribution in [3.63, 3.8) is 0 Å². The maximum absolute atomic E-state index is 8.95. The van der Waals surface area contributed by atoms with E-state index in [0.717, 1.165) is 5.75 Å². The fourth-order valence-corrected chi connectivity index (χ4v) is 0.474. The average Bonchev–Trinajstić information content (AvgIpc) is 2.19. The molecule has 0 bridgehead atoms. The van der Waals surface area contributed by atoms with Crippen molar-refractivity contribution < 1.29 is 14.3 Å². The summed E-state index contributed by atoms with van der Waals surface area (Å²) in [5.74, 6) is 0.847. The van der Waals surface area contributed by atoms with E-state index in [2.05, 4.69) is 9.72 Å². The second-order valence-corrected chi connectivity index (χ2v) is 1.72. The van der Waals surface area contributed by atoms with Crippen LogP contribution in [0.15, 0.2) is 24.5 Å². The van der Waals surface area contributed by atoms with Crippen molar-refractivity contribution in [2.75, 3.05) is 14.2 Å². The Kier molecular flexibility index (Phi) is 6.54. The number of methoxy groups -OCH3 is 2. The summed E-state index contributed by atoms with van der Waals surface area (Å²) >= 11 is 0. The van der Waals surface area contributed by atoms with Gasteiger partial charge in [0.2, 0.25) is 0 Å². The molecule has 1 heterocycles. The summed E-state index contributed by atoms with van der Waals surface area (Å²) in [6.45, 7) is 0.375. The first-order valence-electron chi connectivity index (χ1n) is 3.25. The van der Waals surface area contributed by atoms with Gasteiger partial charge in [0, 0.05) is 12.4 Å². The molecule has 12 heavy (non-hydrogen) atoms. The number of aromatic nitrogens is 1. The molecule has 4 nitrogen and oxygen atoms in total. The Bertz CT molecular complexity index is 201. The zero-order chi connectivity index (χ0) is 9.23. The zero-order valence-corrected chi connectivity index (χ0v) is 7.06. The highest BCUT2D eigenvalue weighted by Crippen LogP contribution is 2.03. The Balaban J connectivity index is 0.000000261. The molecule has 0 amide bonds. The molecule has 1 aromatic rings. The molecule has 0 radical (unpaired) electrons. The highest BCUT2D eigenvalue weighted by atomic mass is 16.5. The van der Waals surface area contributed by atoms with E-state index in [-0.39, 0.29) is 0 Å². The number of rotatable bonds is 2. The van der Waals surface area contributed by atoms with Gasteiger partial charge in [-0.3, -0.25) is 9.78 Å². The van der Waals surface area contributed by atoms with Crippen LogP contribution < -0.4 is 4.74 Å². The van der Waals surface area contributed by atoms with Crippen LogP contribution in [0.1, 0.15) is 0 Å². The molecule has 0 aliphatic rings. The normalized spacial score (nSPS) is 7.50. The first-order chi connectivity index (χ1) is 5.85. The SMILES string of the molecule is COC=O.COc1ccncc1. The van der Waals surface area contributed by atoms with Crippen LogP contribution in [0.2, 0.25) is 0 Å². The van der Waals surface area contributed by atoms with Crippen LogP contribution >= 0.6 is 0 Å². The predicted octanol–water partition coefficient (Wildman–Crippen LogP) is 0.879. The Morgan fingerprint density at radius 3 is 2.08 bits per heavy atom. The summed E-state index contributed by atoms with van der Waals surface area (Å²) in [6.07, 6.45) is 3.39. The smallest absolute Gasteiger partial charge is 0.292 e. The second-order valence-electron chi connectivity index (χ2n) is 1.72. The van der Waals surface area contributed by atoms with Gasteiger partial charge in [-0.2, -0.15) is 0 Å². The van der Waals surface area contributed by atoms with Gasteiger partial charge in [-0.05, 0) is 12.1 Å². The molecular formula is C8H11NO3. The van der Waals surface area contributed by atoms with Crippen molar-refractivity contribution in [2.45, 2.75) is 0 Å². The fourth-order valence-electron chi connectivity index (χ4n) is 0.474. The standard InChI is InChI=1S/C6H7NO.C2H4O2/c1-8-6-2-4-7-5-3-6;1-4-2-3/h2-5H,1H3;2H,1H3. The first kappa shape index (κ1) is 10.4. The summed E-state index contributed by atoms with van der Waals surface area (Å²) < 4.78 is 8.74. The van der Waals surface area contributed by atoms with Crippen molar-refractivity contribution in [3.05, 3.63) is 24.5 Å². The third-order valence-corrected chi connectivity index (χ3v) is 0.982. The van der Waals surface area contributed by atoms with E-state index in [4.69, 9.17) is 9.53 Å². The number of hydrogen-bond donors (Lipinski definition) is 0. The largest absolute Gasteiger partial charge is 0.497 e. The maximum Gasteiger partial charge on any atom is 0.292 e. The number of hydrogen-bond acceptors (Lipinski definition) is 4. The monoisotopic (exact) mass is 169 g/mol. The van der Waals surface area contributed by atoms with Crippen molar-refractivity contribution in [1.29, 1.82) is 0 Å². The molecule has 1 aromatic heterocycles. The Hall–Kier alpha value is -1.58. The van der Waals surface area contributed by atoms with Crippen LogP contribution in [0.5, 0.6) is 5.75 Å². The molecule has 0 N–H and O–H groups in total. The molecule has 0 aromatic carbocycles. The molecule has 0 unspecified atom stereocenters. The van der Waals surface area contributed by atoms with E-state index >= 15 is 0 Å². The van der Waals surface area contributed by atoms with Gasteiger partial charge in [-0.15, -0.1) is 0 Å². The lowest BCUT2D eigenvalue weighted by atomic mass is 10.5. The van der Waals surface area contributed by atoms with Crippen molar-refractivity contribution in [3.8, 4) is 5.75 Å². The molecule has 0 aliphatic carbocycles. The van der Waals surface area contributed by atoms with Crippen LogP contribution in [0, 0.1) is 0 Å². The topological polar surface area (TPSA) is 48.4 Å². The highest BCUT2D eigenvalue weighted by Gasteiger charge is 1.81. The minimum atomic E-state index is 0.375. The first-order valence-corrected chi connectivity index (χ1v) is 3.25. The lowest BCUT2D eigenvalue weighted by molar-refractivity contribution is -0.126. The van der Waals surface area contributed by atoms with Crippen molar-refractivity contribution in [1.82, 2.24) is 4.98 Å². The van der Waals surface area contributed by atoms with E-state index in [1.807, 2.05) is 0 Å². The van der Waals surface area contributed by atoms with Gasteiger partial charge in [0.15, 0.2) is 0 Å². The number of ether oxygens (including phenoxy) is 2. The number of nitrogens with zero attached hydrogens (tertiary/aromatic N) is 1. The molecule has 4 heteroatoms. The molecule has 0 aliphatic heterocycles. The molecular weight excluding hydrogens is 158 g/mol. The molecule has 0 fully saturated rings. The van der Waals surface area contributed by atoms with Gasteiger partial charge in [0.1, 0.15) is 5.75 Å². The second kappa shape index (κ2) is 7.53. The number of pyridine rings is 1. The summed E-state index contributed by atoms with van der Waals surface area (Å²) in [4.78, 5) is 12.8. The number of carbonyl (C=O) groups excluding carboxylic acids is 1. The van der Waals surface area contributed by atoms with E-state index in [0.29, 0.717) is 6.47 Å². The van der Waals surface area contributed by atoms with Gasteiger partial charge in [-0.25, -0.2) is 0 Å². The third kappa shape index (κ3) is 5.22. The summed E-state index contributed by atoms with van der Waals surface area (Å²) in [5, 5.41) is 0. The van der Waals surface area contributed by atoms with E-state index < -0.39 is 0 Å². The molecule has 0 saturated carbocycles. The van der Waals surface area contributed by atoms with E-state index in [1.165, 1.54) is 7.11 Å². The molecule has 66 valence electrons. The van der Waals surface area contributed by atoms with Crippen LogP contribution in [0.25, 0.3) is 0 Å². The fraction of sp³-hybridized carbons (Fsp3) is 0.250. The average molecular weight is 169 g/mol. The molecule has 0 atom stereocenters. The van der Waals surface area contributed by atoms with Gasteiger partial charge in [-0.1, -0.05) is 0 Å². The van der Waals surface area contributed by atoms with Crippen LogP contribution in [-0.4, -0.2) is 25.7 Å². The minimum Gasteiger partial charge on any atom is -0.497 e. The highest BCUT2D eigenvalue weighted by molar-refractivity contribution is 5.36. The Morgan fingerprint density at radius 2 is 1.83 bits per heavy atom. The lowest BCUT2D eigenvalue weighted by Gasteiger charge is -1.93. The summed E-state index contributed by atoms with van der Waals surface area (Å²) in [5.41, 5.74) is 0. The van der Waals surface area contributed by atoms with Crippen molar-refractivity contribution in [2.24, 2.45) is 0 Å². The minimum absolute atomic E-state index is 0.375. The predicted molar refractivity (Wildman–Crippen MR) is 43.9 cm³/mol. The molecule has 0 saturated heterocycles. The summed E-state index contributed by atoms with van der Waals surface area (Å²) in [6, 6.07) is 3.61. The number of carbonyl (C=O) groups is 1. The van der Waals surface area contributed by atoms with Gasteiger partial charge >= 0.3 is 0 Å².